The van der Waals surface area contributed by atoms with Crippen LogP contribution in [-0.2, 0) is 4.79 Å². The van der Waals surface area contributed by atoms with E-state index >= 15 is 0 Å². The van der Waals surface area contributed by atoms with Crippen LogP contribution in [0.15, 0.2) is 12.2 Å². The number of carbonyl (C=O) groups excluding carboxylic acids is 1. The van der Waals surface area contributed by atoms with Crippen molar-refractivity contribution < 1.29 is 4.79 Å². The van der Waals surface area contributed by atoms with E-state index in [4.69, 9.17) is 0 Å². The lowest BCUT2D eigenvalue weighted by Gasteiger charge is -2.06. The molecule has 1 aliphatic rings. The fraction of sp³-hybridized carbons (Fsp3) is 0.444. The highest BCUT2D eigenvalue weighted by atomic mass is 16.2. The van der Waals surface area contributed by atoms with Crippen molar-refractivity contribution in [2.24, 2.45) is 5.92 Å². The second kappa shape index (κ2) is 3.61. The second-order valence-electron chi connectivity index (χ2n) is 3.37. The van der Waals surface area contributed by atoms with Gasteiger partial charge in [0.1, 0.15) is 5.82 Å². The molecule has 0 fully saturated rings. The zero-order chi connectivity index (χ0) is 9.97. The van der Waals surface area contributed by atoms with Crippen LogP contribution in [0.1, 0.15) is 18.7 Å². The summed E-state index contributed by atoms with van der Waals surface area (Å²) in [4.78, 5) is 15.6. The van der Waals surface area contributed by atoms with Crippen LogP contribution in [0.3, 0.4) is 0 Å². The Morgan fingerprint density at radius 2 is 2.29 bits per heavy atom. The summed E-state index contributed by atoms with van der Waals surface area (Å²) in [6.07, 6.45) is 5.67. The van der Waals surface area contributed by atoms with Crippen LogP contribution in [0.2, 0.25) is 0 Å². The summed E-state index contributed by atoms with van der Waals surface area (Å²) in [5.74, 6) is 1.10. The molecule has 5 heteroatoms. The molecule has 14 heavy (non-hydrogen) atoms. The number of H-pyrrole nitrogens is 1. The van der Waals surface area contributed by atoms with Crippen molar-refractivity contribution in [2.45, 2.75) is 19.8 Å². The van der Waals surface area contributed by atoms with E-state index in [0.29, 0.717) is 11.8 Å². The Balaban J connectivity index is 1.94. The number of nitrogens with zero attached hydrogens (tertiary/aromatic N) is 2. The predicted octanol–water partition coefficient (Wildman–Crippen LogP) is 1.02. The number of amides is 1. The smallest absolute Gasteiger partial charge is 0.248 e. The zero-order valence-corrected chi connectivity index (χ0v) is 7.95. The van der Waals surface area contributed by atoms with E-state index in [1.807, 2.05) is 12.2 Å². The quantitative estimate of drug-likeness (QED) is 0.687. The number of rotatable bonds is 2. The molecule has 0 atom stereocenters. The molecule has 0 bridgehead atoms. The molecule has 0 aromatic carbocycles. The normalized spacial score (nSPS) is 16.1. The topological polar surface area (TPSA) is 70.7 Å². The second-order valence-corrected chi connectivity index (χ2v) is 3.37. The van der Waals surface area contributed by atoms with E-state index in [2.05, 4.69) is 20.5 Å². The fourth-order valence-corrected chi connectivity index (χ4v) is 1.44. The summed E-state index contributed by atoms with van der Waals surface area (Å²) in [5, 5.41) is 9.18. The van der Waals surface area contributed by atoms with Gasteiger partial charge in [-0.3, -0.25) is 15.2 Å². The third-order valence-electron chi connectivity index (χ3n) is 2.21. The minimum atomic E-state index is -0.00556. The average Bonchev–Trinajstić information content (AvgIpc) is 2.75. The molecule has 1 amide bonds. The van der Waals surface area contributed by atoms with Gasteiger partial charge >= 0.3 is 0 Å². The first-order chi connectivity index (χ1) is 6.75. The summed E-state index contributed by atoms with van der Waals surface area (Å²) in [6, 6.07) is 0. The van der Waals surface area contributed by atoms with Crippen molar-refractivity contribution in [3.8, 4) is 0 Å². The molecule has 0 aliphatic heterocycles. The first kappa shape index (κ1) is 8.93. The van der Waals surface area contributed by atoms with E-state index in [9.17, 15) is 4.79 Å². The lowest BCUT2D eigenvalue weighted by atomic mass is 10.1. The first-order valence-corrected chi connectivity index (χ1v) is 4.60. The van der Waals surface area contributed by atoms with E-state index in [-0.39, 0.29) is 11.8 Å². The molecule has 2 rings (SSSR count). The van der Waals surface area contributed by atoms with E-state index in [0.717, 1.165) is 12.8 Å². The molecule has 0 radical (unpaired) electrons. The van der Waals surface area contributed by atoms with Gasteiger partial charge in [0.2, 0.25) is 11.9 Å². The monoisotopic (exact) mass is 192 g/mol. The average molecular weight is 192 g/mol. The van der Waals surface area contributed by atoms with Crippen LogP contribution in [-0.4, -0.2) is 21.1 Å². The Kier molecular flexibility index (Phi) is 2.30. The molecule has 0 saturated heterocycles. The highest BCUT2D eigenvalue weighted by molar-refractivity contribution is 5.91. The van der Waals surface area contributed by atoms with Crippen molar-refractivity contribution in [3.63, 3.8) is 0 Å². The van der Waals surface area contributed by atoms with Crippen molar-refractivity contribution in [3.05, 3.63) is 18.0 Å². The zero-order valence-electron chi connectivity index (χ0n) is 7.95. The van der Waals surface area contributed by atoms with Gasteiger partial charge in [-0.25, -0.2) is 0 Å². The molecule has 0 unspecified atom stereocenters. The molecule has 1 aliphatic carbocycles. The number of hydrogen-bond acceptors (Lipinski definition) is 3. The molecule has 74 valence electrons. The van der Waals surface area contributed by atoms with Gasteiger partial charge in [-0.05, 0) is 19.8 Å². The summed E-state index contributed by atoms with van der Waals surface area (Å²) in [6.45, 7) is 1.79. The van der Waals surface area contributed by atoms with Crippen LogP contribution in [0, 0.1) is 12.8 Å². The molecular weight excluding hydrogens is 180 g/mol. The van der Waals surface area contributed by atoms with E-state index < -0.39 is 0 Å². The number of carbonyl (C=O) groups is 1. The van der Waals surface area contributed by atoms with Crippen LogP contribution in [0.25, 0.3) is 0 Å². The lowest BCUT2D eigenvalue weighted by Crippen LogP contribution is -2.21. The summed E-state index contributed by atoms with van der Waals surface area (Å²) >= 11 is 0. The molecule has 1 aromatic rings. The van der Waals surface area contributed by atoms with Gasteiger partial charge in [0, 0.05) is 5.92 Å². The van der Waals surface area contributed by atoms with Crippen molar-refractivity contribution in [1.29, 1.82) is 0 Å². The number of allylic oxidation sites excluding steroid dienone is 2. The third-order valence-corrected chi connectivity index (χ3v) is 2.21. The Morgan fingerprint density at radius 1 is 1.57 bits per heavy atom. The largest absolute Gasteiger partial charge is 0.293 e. The number of aromatic amines is 1. The summed E-state index contributed by atoms with van der Waals surface area (Å²) in [7, 11) is 0. The Bertz CT molecular complexity index is 361. The van der Waals surface area contributed by atoms with Crippen molar-refractivity contribution in [1.82, 2.24) is 15.2 Å². The Labute approximate surface area is 81.6 Å². The molecule has 1 heterocycles. The van der Waals surface area contributed by atoms with Gasteiger partial charge in [-0.2, -0.15) is 4.98 Å². The van der Waals surface area contributed by atoms with Gasteiger partial charge in [-0.1, -0.05) is 12.2 Å². The molecule has 0 spiro atoms. The van der Waals surface area contributed by atoms with E-state index in [1.54, 1.807) is 6.92 Å². The molecule has 1 aromatic heterocycles. The van der Waals surface area contributed by atoms with Crippen molar-refractivity contribution in [2.75, 3.05) is 5.32 Å². The maximum Gasteiger partial charge on any atom is 0.248 e. The van der Waals surface area contributed by atoms with Gasteiger partial charge in [0.05, 0.1) is 0 Å². The molecule has 5 nitrogen and oxygen atoms in total. The maximum absolute atomic E-state index is 11.6. The number of aromatic nitrogens is 3. The van der Waals surface area contributed by atoms with Gasteiger partial charge in [-0.15, -0.1) is 5.10 Å². The van der Waals surface area contributed by atoms with Gasteiger partial charge in [0.25, 0.3) is 0 Å². The number of aryl methyl sites for hydroxylation is 1. The number of hydrogen-bond donors (Lipinski definition) is 2. The SMILES string of the molecule is Cc1nc(NC(=O)C2CC=CC2)n[nH]1. The van der Waals surface area contributed by atoms with Crippen LogP contribution in [0.5, 0.6) is 0 Å². The third kappa shape index (κ3) is 1.81. The van der Waals surface area contributed by atoms with Gasteiger partial charge in [0.15, 0.2) is 0 Å². The lowest BCUT2D eigenvalue weighted by molar-refractivity contribution is -0.119. The minimum absolute atomic E-state index is 0.00556. The van der Waals surface area contributed by atoms with Crippen LogP contribution >= 0.6 is 0 Å². The minimum Gasteiger partial charge on any atom is -0.293 e. The van der Waals surface area contributed by atoms with Crippen LogP contribution < -0.4 is 5.32 Å². The molecular formula is C9H12N4O. The van der Waals surface area contributed by atoms with Gasteiger partial charge < -0.3 is 0 Å². The summed E-state index contributed by atoms with van der Waals surface area (Å²) < 4.78 is 0. The predicted molar refractivity (Wildman–Crippen MR) is 51.6 cm³/mol. The van der Waals surface area contributed by atoms with Crippen LogP contribution in [0.4, 0.5) is 5.95 Å². The highest BCUT2D eigenvalue weighted by Gasteiger charge is 2.20. The fourth-order valence-electron chi connectivity index (χ4n) is 1.44. The molecule has 2 N–H and O–H groups in total. The molecule has 0 saturated carbocycles. The summed E-state index contributed by atoms with van der Waals surface area (Å²) in [5.41, 5.74) is 0. The van der Waals surface area contributed by atoms with Crippen molar-refractivity contribution >= 4 is 11.9 Å². The first-order valence-electron chi connectivity index (χ1n) is 4.60. The Morgan fingerprint density at radius 3 is 2.86 bits per heavy atom. The Hall–Kier alpha value is -1.65. The number of nitrogens with one attached hydrogen (secondary N) is 2. The highest BCUT2D eigenvalue weighted by Crippen LogP contribution is 2.18. The number of anilines is 1. The standard InChI is InChI=1S/C9H12N4O/c1-6-10-9(13-12-6)11-8(14)7-4-2-3-5-7/h2-3,7H,4-5H2,1H3,(H2,10,11,12,13,14). The maximum atomic E-state index is 11.6. The van der Waals surface area contributed by atoms with E-state index in [1.165, 1.54) is 0 Å².